The van der Waals surface area contributed by atoms with Crippen LogP contribution in [0.15, 0.2) is 47.0 Å². The molecule has 0 spiro atoms. The number of aliphatic carboxylic acids is 1. The molecule has 2 aromatic carbocycles. The topological polar surface area (TPSA) is 91.0 Å². The number of carbonyl (C=O) groups is 1. The first-order valence-electron chi connectivity index (χ1n) is 11.4. The van der Waals surface area contributed by atoms with Gasteiger partial charge in [-0.3, -0.25) is 4.79 Å². The van der Waals surface area contributed by atoms with Crippen LogP contribution in [0.5, 0.6) is 17.2 Å². The lowest BCUT2D eigenvalue weighted by Gasteiger charge is -2.16. The summed E-state index contributed by atoms with van der Waals surface area (Å²) in [5.74, 6) is 0.184. The van der Waals surface area contributed by atoms with Crippen molar-refractivity contribution < 1.29 is 33.0 Å². The number of rotatable bonds is 12. The third kappa shape index (κ3) is 6.48. The molecule has 0 amide bonds. The lowest BCUT2D eigenvalue weighted by molar-refractivity contribution is -0.137. The maximum Gasteiger partial charge on any atom is 0.304 e. The van der Waals surface area contributed by atoms with Crippen LogP contribution in [0.3, 0.4) is 0 Å². The Hall–Kier alpha value is -3.20. The molecule has 4 rings (SSSR count). The van der Waals surface area contributed by atoms with E-state index in [-0.39, 0.29) is 35.7 Å². The van der Waals surface area contributed by atoms with Crippen molar-refractivity contribution in [2.75, 3.05) is 7.11 Å². The Bertz CT molecular complexity index is 1180. The van der Waals surface area contributed by atoms with E-state index >= 15 is 0 Å². The van der Waals surface area contributed by atoms with Gasteiger partial charge in [-0.15, -0.1) is 11.8 Å². The molecule has 1 saturated carbocycles. The Balaban J connectivity index is 1.56. The molecule has 0 aliphatic heterocycles. The van der Waals surface area contributed by atoms with Gasteiger partial charge in [0.15, 0.2) is 11.4 Å². The van der Waals surface area contributed by atoms with Gasteiger partial charge in [-0.25, -0.2) is 4.39 Å². The Morgan fingerprint density at radius 1 is 1.23 bits per heavy atom. The van der Waals surface area contributed by atoms with E-state index in [1.54, 1.807) is 17.8 Å². The molecule has 0 bridgehead atoms. The normalized spacial score (nSPS) is 14.1. The molecular formula is C26H28FNO6S. The van der Waals surface area contributed by atoms with Crippen LogP contribution in [-0.4, -0.2) is 34.7 Å². The summed E-state index contributed by atoms with van der Waals surface area (Å²) < 4.78 is 37.2. The van der Waals surface area contributed by atoms with Crippen LogP contribution in [-0.2, 0) is 11.4 Å². The van der Waals surface area contributed by atoms with Crippen LogP contribution in [0, 0.1) is 5.82 Å². The fourth-order valence-corrected chi connectivity index (χ4v) is 4.95. The highest BCUT2D eigenvalue weighted by Gasteiger charge is 2.29. The number of hydrogen-bond acceptors (Lipinski definition) is 7. The molecule has 3 aromatic rings. The highest BCUT2D eigenvalue weighted by Crippen LogP contribution is 2.45. The highest BCUT2D eigenvalue weighted by molar-refractivity contribution is 8.00. The number of aromatic nitrogens is 1. The molecule has 1 fully saturated rings. The van der Waals surface area contributed by atoms with Gasteiger partial charge in [0, 0.05) is 10.5 Å². The van der Waals surface area contributed by atoms with Crippen molar-refractivity contribution in [3.8, 4) is 28.6 Å². The molecule has 9 heteroatoms. The summed E-state index contributed by atoms with van der Waals surface area (Å²) in [6.07, 6.45) is 2.09. The molecule has 0 saturated heterocycles. The van der Waals surface area contributed by atoms with Crippen molar-refractivity contribution >= 4 is 17.7 Å². The molecule has 0 radical (unpaired) electrons. The summed E-state index contributed by atoms with van der Waals surface area (Å²) in [6.45, 7) is 3.74. The Labute approximate surface area is 207 Å². The van der Waals surface area contributed by atoms with Gasteiger partial charge in [0.05, 0.1) is 25.2 Å². The quantitative estimate of drug-likeness (QED) is 0.311. The second kappa shape index (κ2) is 11.0. The second-order valence-electron chi connectivity index (χ2n) is 8.58. The lowest BCUT2D eigenvalue weighted by Crippen LogP contribution is -2.09. The predicted octanol–water partition coefficient (Wildman–Crippen LogP) is 6.27. The van der Waals surface area contributed by atoms with Crippen molar-refractivity contribution in [3.05, 3.63) is 59.5 Å². The van der Waals surface area contributed by atoms with Crippen molar-refractivity contribution in [3.63, 3.8) is 0 Å². The van der Waals surface area contributed by atoms with Crippen LogP contribution in [0.1, 0.15) is 49.6 Å². The summed E-state index contributed by atoms with van der Waals surface area (Å²) >= 11 is 1.70. The van der Waals surface area contributed by atoms with E-state index in [4.69, 9.17) is 18.7 Å². The van der Waals surface area contributed by atoms with E-state index in [0.29, 0.717) is 28.2 Å². The molecule has 35 heavy (non-hydrogen) atoms. The first-order chi connectivity index (χ1) is 16.8. The summed E-state index contributed by atoms with van der Waals surface area (Å²) in [6, 6.07) is 11.8. The van der Waals surface area contributed by atoms with Gasteiger partial charge in [0.25, 0.3) is 0 Å². The van der Waals surface area contributed by atoms with Crippen LogP contribution in [0.2, 0.25) is 0 Å². The molecule has 186 valence electrons. The molecule has 1 N–H and O–H groups in total. The third-order valence-electron chi connectivity index (χ3n) is 5.33. The Kier molecular flexibility index (Phi) is 7.85. The SMILES string of the molecule is COc1ccc(F)c(-c2onc(COc3cccc(C(CC(=O)O)SC4CC4)c3)c2OC(C)C)c1. The Morgan fingerprint density at radius 2 is 2.03 bits per heavy atom. The third-order valence-corrected chi connectivity index (χ3v) is 6.96. The minimum absolute atomic E-state index is 0.0277. The molecule has 1 aliphatic rings. The van der Waals surface area contributed by atoms with E-state index in [1.807, 2.05) is 32.0 Å². The predicted molar refractivity (Wildman–Crippen MR) is 131 cm³/mol. The largest absolute Gasteiger partial charge is 0.497 e. The lowest BCUT2D eigenvalue weighted by atomic mass is 10.1. The summed E-state index contributed by atoms with van der Waals surface area (Å²) in [4.78, 5) is 11.4. The Morgan fingerprint density at radius 3 is 2.71 bits per heavy atom. The molecule has 1 atom stereocenters. The average Bonchev–Trinajstić information content (AvgIpc) is 3.56. The zero-order valence-electron chi connectivity index (χ0n) is 19.8. The van der Waals surface area contributed by atoms with Crippen molar-refractivity contribution in [1.82, 2.24) is 5.16 Å². The van der Waals surface area contributed by atoms with Gasteiger partial charge in [-0.2, -0.15) is 0 Å². The first kappa shape index (κ1) is 24.9. The second-order valence-corrected chi connectivity index (χ2v) is 10.1. The van der Waals surface area contributed by atoms with Gasteiger partial charge >= 0.3 is 5.97 Å². The molecule has 1 aliphatic carbocycles. The average molecular weight is 502 g/mol. The van der Waals surface area contributed by atoms with Gasteiger partial charge in [0.2, 0.25) is 5.76 Å². The number of hydrogen-bond donors (Lipinski definition) is 1. The van der Waals surface area contributed by atoms with Gasteiger partial charge in [-0.05, 0) is 62.6 Å². The molecule has 1 heterocycles. The fraction of sp³-hybridized carbons (Fsp3) is 0.385. The standard InChI is InChI=1S/C26H28FNO6S/c1-15(2)33-26-22(28-34-25(26)20-12-17(31-3)7-10-21(20)27)14-32-18-6-4-5-16(11-18)23(13-24(29)30)35-19-8-9-19/h4-7,10-12,15,19,23H,8-9,13-14H2,1-3H3,(H,29,30). The van der Waals surface area contributed by atoms with Gasteiger partial charge in [-0.1, -0.05) is 17.3 Å². The fourth-order valence-electron chi connectivity index (χ4n) is 3.54. The number of ether oxygens (including phenoxy) is 3. The number of halogens is 1. The zero-order chi connectivity index (χ0) is 24.9. The zero-order valence-corrected chi connectivity index (χ0v) is 20.6. The molecule has 1 aromatic heterocycles. The molecular weight excluding hydrogens is 473 g/mol. The number of thioether (sulfide) groups is 1. The number of benzene rings is 2. The monoisotopic (exact) mass is 501 g/mol. The smallest absolute Gasteiger partial charge is 0.304 e. The van der Waals surface area contributed by atoms with Crippen LogP contribution >= 0.6 is 11.8 Å². The number of methoxy groups -OCH3 is 1. The van der Waals surface area contributed by atoms with E-state index in [2.05, 4.69) is 5.16 Å². The number of nitrogens with zero attached hydrogens (tertiary/aromatic N) is 1. The van der Waals surface area contributed by atoms with Gasteiger partial charge in [0.1, 0.15) is 23.9 Å². The van der Waals surface area contributed by atoms with E-state index in [9.17, 15) is 14.3 Å². The van der Waals surface area contributed by atoms with E-state index < -0.39 is 11.8 Å². The minimum Gasteiger partial charge on any atom is -0.497 e. The molecule has 1 unspecified atom stereocenters. The number of carboxylic acid groups (broad SMARTS) is 1. The summed E-state index contributed by atoms with van der Waals surface area (Å²) in [5.41, 5.74) is 1.46. The van der Waals surface area contributed by atoms with Gasteiger partial charge < -0.3 is 23.8 Å². The minimum atomic E-state index is -0.829. The van der Waals surface area contributed by atoms with Crippen molar-refractivity contribution in [2.45, 2.75) is 56.3 Å². The van der Waals surface area contributed by atoms with Crippen molar-refractivity contribution in [1.29, 1.82) is 0 Å². The number of carboxylic acids is 1. The summed E-state index contributed by atoms with van der Waals surface area (Å²) in [5, 5.41) is 13.8. The highest BCUT2D eigenvalue weighted by atomic mass is 32.2. The maximum atomic E-state index is 14.6. The van der Waals surface area contributed by atoms with Crippen LogP contribution in [0.25, 0.3) is 11.3 Å². The van der Waals surface area contributed by atoms with E-state index in [1.165, 1.54) is 25.3 Å². The summed E-state index contributed by atoms with van der Waals surface area (Å²) in [7, 11) is 1.50. The van der Waals surface area contributed by atoms with Crippen molar-refractivity contribution in [2.24, 2.45) is 0 Å². The first-order valence-corrected chi connectivity index (χ1v) is 12.4. The van der Waals surface area contributed by atoms with E-state index in [0.717, 1.165) is 18.4 Å². The molecule has 7 nitrogen and oxygen atoms in total. The van der Waals surface area contributed by atoms with Crippen LogP contribution in [0.4, 0.5) is 4.39 Å². The van der Waals surface area contributed by atoms with Crippen LogP contribution < -0.4 is 14.2 Å². The maximum absolute atomic E-state index is 14.6.